The molecular formula is C14H13BrN2O2. The van der Waals surface area contributed by atoms with E-state index in [1.165, 1.54) is 6.07 Å². The summed E-state index contributed by atoms with van der Waals surface area (Å²) >= 11 is 3.22. The number of hydrogen-bond donors (Lipinski definition) is 2. The van der Waals surface area contributed by atoms with Crippen molar-refractivity contribution in [1.82, 2.24) is 4.98 Å². The van der Waals surface area contributed by atoms with Gasteiger partial charge in [0.15, 0.2) is 0 Å². The van der Waals surface area contributed by atoms with Crippen molar-refractivity contribution in [3.63, 3.8) is 0 Å². The molecule has 0 unspecified atom stereocenters. The van der Waals surface area contributed by atoms with Crippen LogP contribution in [0.15, 0.2) is 34.9 Å². The number of rotatable bonds is 3. The molecule has 0 amide bonds. The molecule has 1 aromatic carbocycles. The van der Waals surface area contributed by atoms with E-state index < -0.39 is 5.97 Å². The summed E-state index contributed by atoms with van der Waals surface area (Å²) in [5.41, 5.74) is 3.18. The van der Waals surface area contributed by atoms with E-state index in [0.717, 1.165) is 16.8 Å². The SMILES string of the molecule is Cc1cc(C)cc(Nc2ncc(Br)cc2C(=O)O)c1. The zero-order valence-corrected chi connectivity index (χ0v) is 12.2. The molecule has 0 atom stereocenters. The Bertz CT molecular complexity index is 621. The van der Waals surface area contributed by atoms with E-state index in [0.29, 0.717) is 10.3 Å². The lowest BCUT2D eigenvalue weighted by atomic mass is 10.1. The molecule has 0 radical (unpaired) electrons. The third-order valence-electron chi connectivity index (χ3n) is 2.57. The fourth-order valence-electron chi connectivity index (χ4n) is 1.89. The van der Waals surface area contributed by atoms with Crippen molar-refractivity contribution in [2.24, 2.45) is 0 Å². The third kappa shape index (κ3) is 3.32. The lowest BCUT2D eigenvalue weighted by Crippen LogP contribution is -2.05. The normalized spacial score (nSPS) is 10.3. The molecule has 2 N–H and O–H groups in total. The Morgan fingerprint density at radius 1 is 1.21 bits per heavy atom. The van der Waals surface area contributed by atoms with Crippen LogP contribution in [-0.4, -0.2) is 16.1 Å². The Hall–Kier alpha value is -1.88. The number of halogens is 1. The van der Waals surface area contributed by atoms with Crippen LogP contribution < -0.4 is 5.32 Å². The lowest BCUT2D eigenvalue weighted by Gasteiger charge is -2.10. The van der Waals surface area contributed by atoms with Gasteiger partial charge in [-0.05, 0) is 59.1 Å². The molecule has 98 valence electrons. The smallest absolute Gasteiger partial charge is 0.339 e. The van der Waals surface area contributed by atoms with Gasteiger partial charge in [-0.3, -0.25) is 0 Å². The van der Waals surface area contributed by atoms with E-state index >= 15 is 0 Å². The Balaban J connectivity index is 2.40. The maximum absolute atomic E-state index is 11.2. The molecule has 0 spiro atoms. The van der Waals surface area contributed by atoms with Crippen LogP contribution in [-0.2, 0) is 0 Å². The van der Waals surface area contributed by atoms with E-state index in [4.69, 9.17) is 0 Å². The molecule has 0 fully saturated rings. The molecule has 19 heavy (non-hydrogen) atoms. The van der Waals surface area contributed by atoms with Crippen LogP contribution in [0, 0.1) is 13.8 Å². The van der Waals surface area contributed by atoms with Crippen LogP contribution in [0.5, 0.6) is 0 Å². The number of aromatic carboxylic acids is 1. The molecule has 0 aliphatic heterocycles. The molecule has 2 rings (SSSR count). The first-order valence-corrected chi connectivity index (χ1v) is 6.49. The summed E-state index contributed by atoms with van der Waals surface area (Å²) in [5, 5.41) is 12.2. The second-order valence-corrected chi connectivity index (χ2v) is 5.27. The summed E-state index contributed by atoms with van der Waals surface area (Å²) in [4.78, 5) is 15.3. The maximum atomic E-state index is 11.2. The number of carboxylic acid groups (broad SMARTS) is 1. The quantitative estimate of drug-likeness (QED) is 0.900. The average Bonchev–Trinajstić information content (AvgIpc) is 2.30. The molecule has 0 saturated carbocycles. The van der Waals surface area contributed by atoms with E-state index in [9.17, 15) is 9.90 Å². The number of benzene rings is 1. The fourth-order valence-corrected chi connectivity index (χ4v) is 2.22. The van der Waals surface area contributed by atoms with Crippen molar-refractivity contribution < 1.29 is 9.90 Å². The summed E-state index contributed by atoms with van der Waals surface area (Å²) < 4.78 is 0.635. The first-order valence-electron chi connectivity index (χ1n) is 5.70. The first-order chi connectivity index (χ1) is 8.95. The summed E-state index contributed by atoms with van der Waals surface area (Å²) in [6.07, 6.45) is 1.57. The Morgan fingerprint density at radius 3 is 2.42 bits per heavy atom. The molecule has 5 heteroatoms. The van der Waals surface area contributed by atoms with Crippen molar-refractivity contribution in [2.75, 3.05) is 5.32 Å². The monoisotopic (exact) mass is 320 g/mol. The highest BCUT2D eigenvalue weighted by Crippen LogP contribution is 2.23. The van der Waals surface area contributed by atoms with Gasteiger partial charge in [-0.15, -0.1) is 0 Å². The number of hydrogen-bond acceptors (Lipinski definition) is 3. The van der Waals surface area contributed by atoms with Crippen molar-refractivity contribution in [3.05, 3.63) is 51.6 Å². The van der Waals surface area contributed by atoms with Gasteiger partial charge >= 0.3 is 5.97 Å². The van der Waals surface area contributed by atoms with Gasteiger partial charge in [0.1, 0.15) is 11.4 Å². The number of pyridine rings is 1. The minimum absolute atomic E-state index is 0.133. The van der Waals surface area contributed by atoms with Gasteiger partial charge in [0.2, 0.25) is 0 Å². The third-order valence-corrected chi connectivity index (χ3v) is 3.00. The summed E-state index contributed by atoms with van der Waals surface area (Å²) in [6.45, 7) is 3.98. The van der Waals surface area contributed by atoms with Crippen LogP contribution in [0.3, 0.4) is 0 Å². The number of carbonyl (C=O) groups is 1. The predicted octanol–water partition coefficient (Wildman–Crippen LogP) is 3.90. The minimum atomic E-state index is -1.01. The van der Waals surface area contributed by atoms with E-state index in [-0.39, 0.29) is 5.56 Å². The second-order valence-electron chi connectivity index (χ2n) is 4.36. The standard InChI is InChI=1S/C14H13BrN2O2/c1-8-3-9(2)5-11(4-8)17-13-12(14(18)19)6-10(15)7-16-13/h3-7H,1-2H3,(H,16,17)(H,18,19). The zero-order valence-electron chi connectivity index (χ0n) is 10.6. The Labute approximate surface area is 119 Å². The molecule has 0 aliphatic carbocycles. The van der Waals surface area contributed by atoms with E-state index in [1.807, 2.05) is 26.0 Å². The Morgan fingerprint density at radius 2 is 1.84 bits per heavy atom. The van der Waals surface area contributed by atoms with Crippen LogP contribution in [0.25, 0.3) is 0 Å². The van der Waals surface area contributed by atoms with Crippen LogP contribution in [0.1, 0.15) is 21.5 Å². The number of nitrogens with one attached hydrogen (secondary N) is 1. The van der Waals surface area contributed by atoms with Crippen molar-refractivity contribution in [3.8, 4) is 0 Å². The van der Waals surface area contributed by atoms with Gasteiger partial charge in [-0.25, -0.2) is 9.78 Å². The number of aromatic nitrogens is 1. The van der Waals surface area contributed by atoms with Crippen LogP contribution >= 0.6 is 15.9 Å². The maximum Gasteiger partial charge on any atom is 0.339 e. The summed E-state index contributed by atoms with van der Waals surface area (Å²) in [7, 11) is 0. The number of anilines is 2. The highest BCUT2D eigenvalue weighted by Gasteiger charge is 2.12. The number of carboxylic acids is 1. The predicted molar refractivity (Wildman–Crippen MR) is 78.1 cm³/mol. The highest BCUT2D eigenvalue weighted by atomic mass is 79.9. The molecule has 1 heterocycles. The van der Waals surface area contributed by atoms with E-state index in [1.54, 1.807) is 6.20 Å². The number of aryl methyl sites for hydroxylation is 2. The molecular weight excluding hydrogens is 308 g/mol. The summed E-state index contributed by atoms with van der Waals surface area (Å²) in [6, 6.07) is 7.48. The lowest BCUT2D eigenvalue weighted by molar-refractivity contribution is 0.0697. The highest BCUT2D eigenvalue weighted by molar-refractivity contribution is 9.10. The second kappa shape index (κ2) is 5.40. The van der Waals surface area contributed by atoms with Gasteiger partial charge in [-0.2, -0.15) is 0 Å². The fraction of sp³-hybridized carbons (Fsp3) is 0.143. The van der Waals surface area contributed by atoms with Crippen molar-refractivity contribution in [1.29, 1.82) is 0 Å². The van der Waals surface area contributed by atoms with E-state index in [2.05, 4.69) is 32.3 Å². The largest absolute Gasteiger partial charge is 0.478 e. The molecule has 4 nitrogen and oxygen atoms in total. The van der Waals surface area contributed by atoms with Gasteiger partial charge in [-0.1, -0.05) is 6.07 Å². The topological polar surface area (TPSA) is 62.2 Å². The van der Waals surface area contributed by atoms with Crippen LogP contribution in [0.2, 0.25) is 0 Å². The van der Waals surface area contributed by atoms with Gasteiger partial charge < -0.3 is 10.4 Å². The molecule has 2 aromatic rings. The van der Waals surface area contributed by atoms with Gasteiger partial charge in [0.05, 0.1) is 0 Å². The average molecular weight is 321 g/mol. The zero-order chi connectivity index (χ0) is 14.0. The van der Waals surface area contributed by atoms with Crippen LogP contribution in [0.4, 0.5) is 11.5 Å². The van der Waals surface area contributed by atoms with Gasteiger partial charge in [0.25, 0.3) is 0 Å². The Kier molecular flexibility index (Phi) is 3.85. The summed E-state index contributed by atoms with van der Waals surface area (Å²) in [5.74, 6) is -0.679. The number of nitrogens with zero attached hydrogens (tertiary/aromatic N) is 1. The molecule has 1 aromatic heterocycles. The minimum Gasteiger partial charge on any atom is -0.478 e. The molecule has 0 saturated heterocycles. The van der Waals surface area contributed by atoms with Crippen molar-refractivity contribution in [2.45, 2.75) is 13.8 Å². The molecule has 0 aliphatic rings. The van der Waals surface area contributed by atoms with Gasteiger partial charge in [0, 0.05) is 16.4 Å². The molecule has 0 bridgehead atoms. The first kappa shape index (κ1) is 13.5. The van der Waals surface area contributed by atoms with Crippen molar-refractivity contribution >= 4 is 33.4 Å².